The Labute approximate surface area is 85.7 Å². The number of halogens is 2. The molecule has 1 heterocycles. The van der Waals surface area contributed by atoms with Crippen LogP contribution in [0.3, 0.4) is 0 Å². The minimum absolute atomic E-state index is 0.514. The molecule has 0 radical (unpaired) electrons. The van der Waals surface area contributed by atoms with Crippen molar-refractivity contribution < 1.29 is 0 Å². The number of hydrogen-bond donors (Lipinski definition) is 1. The lowest BCUT2D eigenvalue weighted by molar-refractivity contribution is 0.770. The van der Waals surface area contributed by atoms with Gasteiger partial charge in [0.2, 0.25) is 0 Å². The highest BCUT2D eigenvalue weighted by Crippen LogP contribution is 2.05. The third-order valence-corrected chi connectivity index (χ3v) is 3.96. The molecule has 0 aliphatic heterocycles. The molecule has 5 heteroatoms. The summed E-state index contributed by atoms with van der Waals surface area (Å²) in [7, 11) is 1.81. The van der Waals surface area contributed by atoms with E-state index < -0.39 is 0 Å². The fourth-order valence-electron chi connectivity index (χ4n) is 0.504. The highest BCUT2D eigenvalue weighted by molar-refractivity contribution is 14.1. The number of nitrogens with one attached hydrogen (secondary N) is 1. The standard InChI is InChI=1S/C5H5I2N3/c1-10-2-9-4(7)3(6)5(10)8/h2,8H,1H3. The van der Waals surface area contributed by atoms with E-state index in [0.29, 0.717) is 5.49 Å². The van der Waals surface area contributed by atoms with E-state index >= 15 is 0 Å². The van der Waals surface area contributed by atoms with Crippen LogP contribution >= 0.6 is 45.2 Å². The maximum Gasteiger partial charge on any atom is 0.142 e. The SMILES string of the molecule is Cn1cnc(I)c(I)c1=N. The van der Waals surface area contributed by atoms with Crippen molar-refractivity contribution in [3.05, 3.63) is 19.1 Å². The molecule has 0 aliphatic rings. The zero-order valence-electron chi connectivity index (χ0n) is 5.23. The van der Waals surface area contributed by atoms with Crippen molar-refractivity contribution in [2.45, 2.75) is 0 Å². The van der Waals surface area contributed by atoms with Gasteiger partial charge < -0.3 is 4.57 Å². The van der Waals surface area contributed by atoms with Gasteiger partial charge in [-0.25, -0.2) is 4.98 Å². The van der Waals surface area contributed by atoms with E-state index in [0.717, 1.165) is 7.27 Å². The molecule has 10 heavy (non-hydrogen) atoms. The summed E-state index contributed by atoms with van der Waals surface area (Å²) in [6, 6.07) is 0. The third kappa shape index (κ3) is 1.49. The first-order chi connectivity index (χ1) is 4.63. The average Bonchev–Trinajstić information content (AvgIpc) is 1.93. The first-order valence-electron chi connectivity index (χ1n) is 2.54. The smallest absolute Gasteiger partial charge is 0.142 e. The van der Waals surface area contributed by atoms with Gasteiger partial charge in [-0.1, -0.05) is 0 Å². The largest absolute Gasteiger partial charge is 0.320 e. The summed E-state index contributed by atoms with van der Waals surface area (Å²) >= 11 is 4.23. The quantitative estimate of drug-likeness (QED) is 0.546. The molecule has 0 spiro atoms. The summed E-state index contributed by atoms with van der Waals surface area (Å²) in [6.45, 7) is 0. The van der Waals surface area contributed by atoms with Crippen LogP contribution < -0.4 is 5.49 Å². The third-order valence-electron chi connectivity index (χ3n) is 1.09. The van der Waals surface area contributed by atoms with Crippen LogP contribution in [0.2, 0.25) is 0 Å². The summed E-state index contributed by atoms with van der Waals surface area (Å²) in [6.07, 6.45) is 1.65. The van der Waals surface area contributed by atoms with Gasteiger partial charge in [-0.2, -0.15) is 0 Å². The minimum atomic E-state index is 0.514. The highest BCUT2D eigenvalue weighted by atomic mass is 127. The molecule has 1 N–H and O–H groups in total. The lowest BCUT2D eigenvalue weighted by Gasteiger charge is -1.99. The predicted octanol–water partition coefficient (Wildman–Crippen LogP) is 1.11. The zero-order valence-corrected chi connectivity index (χ0v) is 9.54. The summed E-state index contributed by atoms with van der Waals surface area (Å²) in [5.74, 6) is 0. The van der Waals surface area contributed by atoms with Gasteiger partial charge in [0.25, 0.3) is 0 Å². The molecule has 0 saturated carbocycles. The molecule has 0 aromatic carbocycles. The van der Waals surface area contributed by atoms with Gasteiger partial charge >= 0.3 is 0 Å². The van der Waals surface area contributed by atoms with Crippen molar-refractivity contribution in [3.8, 4) is 0 Å². The van der Waals surface area contributed by atoms with Gasteiger partial charge in [0.15, 0.2) is 0 Å². The highest BCUT2D eigenvalue weighted by Gasteiger charge is 1.98. The van der Waals surface area contributed by atoms with Crippen molar-refractivity contribution in [1.82, 2.24) is 9.55 Å². The molecule has 0 saturated heterocycles. The zero-order chi connectivity index (χ0) is 7.72. The fourth-order valence-corrected chi connectivity index (χ4v) is 1.40. The van der Waals surface area contributed by atoms with Crippen molar-refractivity contribution in [1.29, 1.82) is 5.41 Å². The van der Waals surface area contributed by atoms with Crippen LogP contribution in [0, 0.1) is 12.7 Å². The Hall–Kier alpha value is 0.340. The van der Waals surface area contributed by atoms with E-state index in [1.54, 1.807) is 10.9 Å². The van der Waals surface area contributed by atoms with Crippen LogP contribution in [-0.2, 0) is 7.05 Å². The van der Waals surface area contributed by atoms with Crippen molar-refractivity contribution in [2.75, 3.05) is 0 Å². The lowest BCUT2D eigenvalue weighted by atomic mass is 10.6. The second-order valence-corrected chi connectivity index (χ2v) is 3.91. The van der Waals surface area contributed by atoms with E-state index in [2.05, 4.69) is 50.2 Å². The molecule has 1 aromatic rings. The van der Waals surface area contributed by atoms with Crippen molar-refractivity contribution in [3.63, 3.8) is 0 Å². The van der Waals surface area contributed by atoms with E-state index in [1.807, 2.05) is 7.05 Å². The maximum absolute atomic E-state index is 7.50. The second kappa shape index (κ2) is 3.16. The van der Waals surface area contributed by atoms with Crippen LogP contribution in [0.25, 0.3) is 0 Å². The van der Waals surface area contributed by atoms with E-state index in [1.165, 1.54) is 0 Å². The Morgan fingerprint density at radius 3 is 2.70 bits per heavy atom. The molecule has 0 unspecified atom stereocenters. The van der Waals surface area contributed by atoms with E-state index in [9.17, 15) is 0 Å². The molecule has 1 aromatic heterocycles. The molecule has 0 bridgehead atoms. The monoisotopic (exact) mass is 361 g/mol. The number of nitrogens with zero attached hydrogens (tertiary/aromatic N) is 2. The first-order valence-corrected chi connectivity index (χ1v) is 4.70. The molecule has 0 atom stereocenters. The van der Waals surface area contributed by atoms with Crippen LogP contribution in [0.4, 0.5) is 0 Å². The molecule has 1 rings (SSSR count). The molecule has 54 valence electrons. The normalized spacial score (nSPS) is 9.90. The Balaban J connectivity index is 3.50. The summed E-state index contributed by atoms with van der Waals surface area (Å²) in [5, 5.41) is 7.50. The summed E-state index contributed by atoms with van der Waals surface area (Å²) < 4.78 is 3.48. The van der Waals surface area contributed by atoms with Gasteiger partial charge in [0, 0.05) is 7.05 Å². The Bertz CT molecular complexity index is 304. The van der Waals surface area contributed by atoms with Gasteiger partial charge in [-0.15, -0.1) is 0 Å². The van der Waals surface area contributed by atoms with E-state index in [4.69, 9.17) is 5.41 Å². The van der Waals surface area contributed by atoms with E-state index in [-0.39, 0.29) is 0 Å². The molecule has 0 aliphatic carbocycles. The topological polar surface area (TPSA) is 41.7 Å². The van der Waals surface area contributed by atoms with Gasteiger partial charge in [0.1, 0.15) is 9.19 Å². The molecule has 0 fully saturated rings. The summed E-state index contributed by atoms with van der Waals surface area (Å²) in [5.41, 5.74) is 0.514. The summed E-state index contributed by atoms with van der Waals surface area (Å²) in [4.78, 5) is 4.06. The average molecular weight is 361 g/mol. The number of rotatable bonds is 0. The maximum atomic E-state index is 7.50. The number of hydrogen-bond acceptors (Lipinski definition) is 2. The predicted molar refractivity (Wildman–Crippen MR) is 54.5 cm³/mol. The van der Waals surface area contributed by atoms with Crippen LogP contribution in [0.5, 0.6) is 0 Å². The first kappa shape index (κ1) is 8.44. The van der Waals surface area contributed by atoms with Gasteiger partial charge in [-0.3, -0.25) is 5.41 Å². The lowest BCUT2D eigenvalue weighted by Crippen LogP contribution is -2.21. The fraction of sp³-hybridized carbons (Fsp3) is 0.200. The molecule has 0 amide bonds. The Morgan fingerprint density at radius 2 is 2.20 bits per heavy atom. The van der Waals surface area contributed by atoms with Crippen molar-refractivity contribution in [2.24, 2.45) is 7.05 Å². The molecular formula is C5H5I2N3. The number of aryl methyl sites for hydroxylation is 1. The second-order valence-electron chi connectivity index (χ2n) is 1.81. The van der Waals surface area contributed by atoms with Crippen LogP contribution in [-0.4, -0.2) is 9.55 Å². The van der Waals surface area contributed by atoms with Gasteiger partial charge in [-0.05, 0) is 45.2 Å². The van der Waals surface area contributed by atoms with Crippen LogP contribution in [0.1, 0.15) is 0 Å². The molecular weight excluding hydrogens is 356 g/mol. The van der Waals surface area contributed by atoms with Gasteiger partial charge in [0.05, 0.1) is 9.90 Å². The Morgan fingerprint density at radius 1 is 1.60 bits per heavy atom. The number of aromatic nitrogens is 2. The van der Waals surface area contributed by atoms with Crippen LogP contribution in [0.15, 0.2) is 6.33 Å². The Kier molecular flexibility index (Phi) is 2.67. The van der Waals surface area contributed by atoms with Crippen molar-refractivity contribution >= 4 is 45.2 Å². The minimum Gasteiger partial charge on any atom is -0.320 e. The molecule has 3 nitrogen and oxygen atoms in total.